The van der Waals surface area contributed by atoms with Crippen molar-refractivity contribution in [1.82, 2.24) is 4.57 Å². The van der Waals surface area contributed by atoms with E-state index in [0.717, 1.165) is 28.1 Å². The van der Waals surface area contributed by atoms with Gasteiger partial charge in [-0.15, -0.1) is 0 Å². The summed E-state index contributed by atoms with van der Waals surface area (Å²) in [6.45, 7) is 4.28. The quantitative estimate of drug-likeness (QED) is 0.462. The molecule has 31 heavy (non-hydrogen) atoms. The molecule has 5 nitrogen and oxygen atoms in total. The van der Waals surface area contributed by atoms with E-state index in [9.17, 15) is 9.90 Å². The average Bonchev–Trinajstić information content (AvgIpc) is 2.78. The zero-order valence-corrected chi connectivity index (χ0v) is 17.8. The Hall–Kier alpha value is -3.86. The summed E-state index contributed by atoms with van der Waals surface area (Å²) in [6.07, 6.45) is 1.64. The van der Waals surface area contributed by atoms with Crippen LogP contribution < -0.4 is 10.3 Å². The van der Waals surface area contributed by atoms with Gasteiger partial charge in [0.1, 0.15) is 5.75 Å². The summed E-state index contributed by atoms with van der Waals surface area (Å²) in [7, 11) is 1.61. The van der Waals surface area contributed by atoms with Gasteiger partial charge in [-0.25, -0.2) is 0 Å². The van der Waals surface area contributed by atoms with E-state index in [1.165, 1.54) is 4.57 Å². The van der Waals surface area contributed by atoms with Crippen LogP contribution in [-0.2, 0) is 6.54 Å². The van der Waals surface area contributed by atoms with E-state index in [-0.39, 0.29) is 18.0 Å². The smallest absolute Gasteiger partial charge is 0.261 e. The third-order valence-corrected chi connectivity index (χ3v) is 5.37. The lowest BCUT2D eigenvalue weighted by atomic mass is 10.1. The molecular formula is C26H24N2O3. The number of benzene rings is 3. The van der Waals surface area contributed by atoms with Crippen LogP contribution >= 0.6 is 0 Å². The van der Waals surface area contributed by atoms with E-state index < -0.39 is 0 Å². The molecule has 0 radical (unpaired) electrons. The van der Waals surface area contributed by atoms with E-state index in [4.69, 9.17) is 4.74 Å². The third-order valence-electron chi connectivity index (χ3n) is 5.37. The molecular weight excluding hydrogens is 388 g/mol. The first-order chi connectivity index (χ1) is 15.0. The summed E-state index contributed by atoms with van der Waals surface area (Å²) in [4.78, 5) is 17.7. The number of fused-ring (bicyclic) bond motifs is 1. The minimum absolute atomic E-state index is 0.104. The van der Waals surface area contributed by atoms with Crippen molar-refractivity contribution in [3.63, 3.8) is 0 Å². The summed E-state index contributed by atoms with van der Waals surface area (Å²) in [5.41, 5.74) is 4.19. The van der Waals surface area contributed by atoms with Gasteiger partial charge >= 0.3 is 0 Å². The fraction of sp³-hybridized carbons (Fsp3) is 0.154. The Morgan fingerprint density at radius 2 is 1.71 bits per heavy atom. The number of hydrogen-bond donors (Lipinski definition) is 1. The van der Waals surface area contributed by atoms with Crippen LogP contribution in [0.3, 0.4) is 0 Å². The molecule has 0 atom stereocenters. The molecule has 0 saturated heterocycles. The zero-order valence-electron chi connectivity index (χ0n) is 17.8. The fourth-order valence-electron chi connectivity index (χ4n) is 3.68. The Morgan fingerprint density at radius 1 is 1.00 bits per heavy atom. The van der Waals surface area contributed by atoms with Gasteiger partial charge in [-0.2, -0.15) is 0 Å². The third kappa shape index (κ3) is 4.08. The Kier molecular flexibility index (Phi) is 5.58. The van der Waals surface area contributed by atoms with Crippen LogP contribution in [0, 0.1) is 13.8 Å². The molecule has 156 valence electrons. The minimum atomic E-state index is -0.243. The summed E-state index contributed by atoms with van der Waals surface area (Å²) in [6, 6.07) is 20.7. The molecule has 4 aromatic rings. The van der Waals surface area contributed by atoms with Crippen molar-refractivity contribution in [2.24, 2.45) is 4.99 Å². The van der Waals surface area contributed by atoms with Crippen molar-refractivity contribution in [3.05, 3.63) is 99.3 Å². The van der Waals surface area contributed by atoms with E-state index >= 15 is 0 Å². The molecule has 3 aromatic carbocycles. The maximum absolute atomic E-state index is 13.1. The molecule has 4 rings (SSSR count). The van der Waals surface area contributed by atoms with Crippen molar-refractivity contribution in [1.29, 1.82) is 0 Å². The highest BCUT2D eigenvalue weighted by Gasteiger charge is 2.15. The van der Waals surface area contributed by atoms with Crippen LogP contribution in [0.5, 0.6) is 11.6 Å². The highest BCUT2D eigenvalue weighted by Crippen LogP contribution is 2.26. The van der Waals surface area contributed by atoms with Crippen LogP contribution in [0.1, 0.15) is 22.3 Å². The zero-order chi connectivity index (χ0) is 22.0. The average molecular weight is 412 g/mol. The van der Waals surface area contributed by atoms with Gasteiger partial charge in [-0.1, -0.05) is 48.0 Å². The first-order valence-corrected chi connectivity index (χ1v) is 10.1. The molecule has 0 aliphatic carbocycles. The lowest BCUT2D eigenvalue weighted by Crippen LogP contribution is -2.22. The maximum Gasteiger partial charge on any atom is 0.261 e. The number of methoxy groups -OCH3 is 1. The van der Waals surface area contributed by atoms with E-state index in [2.05, 4.69) is 11.1 Å². The van der Waals surface area contributed by atoms with Crippen LogP contribution in [0.25, 0.3) is 10.8 Å². The monoisotopic (exact) mass is 412 g/mol. The molecule has 1 heterocycles. The second-order valence-electron chi connectivity index (χ2n) is 7.57. The van der Waals surface area contributed by atoms with Crippen LogP contribution in [0.15, 0.2) is 76.5 Å². The van der Waals surface area contributed by atoms with E-state index in [1.54, 1.807) is 19.4 Å². The predicted octanol–water partition coefficient (Wildman–Crippen LogP) is 5.13. The molecule has 0 saturated carbocycles. The van der Waals surface area contributed by atoms with Crippen molar-refractivity contribution in [3.8, 4) is 11.6 Å². The lowest BCUT2D eigenvalue weighted by Gasteiger charge is -2.14. The van der Waals surface area contributed by atoms with E-state index in [1.807, 2.05) is 68.4 Å². The number of ether oxygens (including phenoxy) is 1. The van der Waals surface area contributed by atoms with Gasteiger partial charge in [-0.3, -0.25) is 14.4 Å². The van der Waals surface area contributed by atoms with Gasteiger partial charge in [0, 0.05) is 17.0 Å². The molecule has 1 N–H and O–H groups in total. The van der Waals surface area contributed by atoms with Crippen molar-refractivity contribution < 1.29 is 9.84 Å². The summed E-state index contributed by atoms with van der Waals surface area (Å²) in [5, 5.41) is 12.3. The Bertz CT molecular complexity index is 1340. The Morgan fingerprint density at radius 3 is 2.39 bits per heavy atom. The Balaban J connectivity index is 1.84. The standard InChI is InChI=1S/C26H24N2O3/c1-17-8-13-24(18(2)14-17)27-15-23-21-6-4-5-7-22(21)25(29)28(26(23)30)16-19-9-11-20(31-3)12-10-19/h4-15,30H,16H2,1-3H3. The second-order valence-corrected chi connectivity index (χ2v) is 7.57. The van der Waals surface area contributed by atoms with Gasteiger partial charge in [0.15, 0.2) is 0 Å². The number of aliphatic imine (C=N–C) groups is 1. The molecule has 1 aromatic heterocycles. The first kappa shape index (κ1) is 20.4. The lowest BCUT2D eigenvalue weighted by molar-refractivity contribution is 0.412. The molecule has 0 bridgehead atoms. The molecule has 0 aliphatic rings. The molecule has 0 aliphatic heterocycles. The number of nitrogens with zero attached hydrogens (tertiary/aromatic N) is 2. The highest BCUT2D eigenvalue weighted by molar-refractivity contribution is 6.02. The number of rotatable bonds is 5. The topological polar surface area (TPSA) is 63.8 Å². The Labute approximate surface area is 180 Å². The predicted molar refractivity (Wildman–Crippen MR) is 125 cm³/mol. The second kappa shape index (κ2) is 8.48. The molecule has 5 heteroatoms. The molecule has 0 unspecified atom stereocenters. The summed E-state index contributed by atoms with van der Waals surface area (Å²) < 4.78 is 6.58. The SMILES string of the molecule is COc1ccc(Cn2c(O)c(C=Nc3ccc(C)cc3C)c3ccccc3c2=O)cc1. The van der Waals surface area contributed by atoms with Gasteiger partial charge < -0.3 is 9.84 Å². The molecule has 0 fully saturated rings. The number of pyridine rings is 1. The van der Waals surface area contributed by atoms with Crippen molar-refractivity contribution in [2.45, 2.75) is 20.4 Å². The van der Waals surface area contributed by atoms with Crippen LogP contribution in [0.2, 0.25) is 0 Å². The van der Waals surface area contributed by atoms with Gasteiger partial charge in [0.25, 0.3) is 5.56 Å². The van der Waals surface area contributed by atoms with Gasteiger partial charge in [0.2, 0.25) is 5.88 Å². The van der Waals surface area contributed by atoms with E-state index in [0.29, 0.717) is 16.3 Å². The molecule has 0 amide bonds. The van der Waals surface area contributed by atoms with Crippen molar-refractivity contribution in [2.75, 3.05) is 7.11 Å². The van der Waals surface area contributed by atoms with Gasteiger partial charge in [-0.05, 0) is 49.2 Å². The highest BCUT2D eigenvalue weighted by atomic mass is 16.5. The van der Waals surface area contributed by atoms with Gasteiger partial charge in [0.05, 0.1) is 24.9 Å². The number of aromatic hydroxyl groups is 1. The molecule has 0 spiro atoms. The summed E-state index contributed by atoms with van der Waals surface area (Å²) in [5.74, 6) is 0.633. The van der Waals surface area contributed by atoms with Crippen LogP contribution in [-0.4, -0.2) is 23.0 Å². The largest absolute Gasteiger partial charge is 0.497 e. The first-order valence-electron chi connectivity index (χ1n) is 10.1. The van der Waals surface area contributed by atoms with Crippen molar-refractivity contribution >= 4 is 22.7 Å². The maximum atomic E-state index is 13.1. The number of aromatic nitrogens is 1. The minimum Gasteiger partial charge on any atom is -0.497 e. The number of hydrogen-bond acceptors (Lipinski definition) is 4. The normalized spacial score (nSPS) is 11.3. The fourth-order valence-corrected chi connectivity index (χ4v) is 3.68. The summed E-state index contributed by atoms with van der Waals surface area (Å²) >= 11 is 0. The van der Waals surface area contributed by atoms with Crippen LogP contribution in [0.4, 0.5) is 5.69 Å². The number of aryl methyl sites for hydroxylation is 2.